The summed E-state index contributed by atoms with van der Waals surface area (Å²) in [5.41, 5.74) is 1.79. The molecule has 1 aromatic rings. The van der Waals surface area contributed by atoms with Crippen molar-refractivity contribution >= 4 is 0 Å². The lowest BCUT2D eigenvalue weighted by Gasteiger charge is -2.30. The van der Waals surface area contributed by atoms with Gasteiger partial charge in [-0.05, 0) is 36.0 Å². The first-order valence-electron chi connectivity index (χ1n) is 7.31. The van der Waals surface area contributed by atoms with Gasteiger partial charge in [0.25, 0.3) is 0 Å². The Balaban J connectivity index is 2.85. The SMILES string of the molecule is CCCCC(C)(CCCC)c1ccc(OC)cc1. The third kappa shape index (κ3) is 4.04. The molecule has 0 aliphatic heterocycles. The van der Waals surface area contributed by atoms with Crippen molar-refractivity contribution in [2.45, 2.75) is 64.7 Å². The van der Waals surface area contributed by atoms with Gasteiger partial charge < -0.3 is 4.74 Å². The predicted octanol–water partition coefficient (Wildman–Crippen LogP) is 5.33. The van der Waals surface area contributed by atoms with Crippen LogP contribution in [0.4, 0.5) is 0 Å². The van der Waals surface area contributed by atoms with Crippen LogP contribution < -0.4 is 4.74 Å². The van der Waals surface area contributed by atoms with Gasteiger partial charge in [-0.15, -0.1) is 0 Å². The second-order valence-electron chi connectivity index (χ2n) is 5.50. The molecule has 0 N–H and O–H groups in total. The van der Waals surface area contributed by atoms with E-state index < -0.39 is 0 Å². The van der Waals surface area contributed by atoms with Crippen molar-refractivity contribution in [1.82, 2.24) is 0 Å². The monoisotopic (exact) mass is 248 g/mol. The largest absolute Gasteiger partial charge is 0.497 e. The van der Waals surface area contributed by atoms with E-state index in [2.05, 4.69) is 45.0 Å². The van der Waals surface area contributed by atoms with Gasteiger partial charge in [-0.2, -0.15) is 0 Å². The minimum Gasteiger partial charge on any atom is -0.497 e. The Hall–Kier alpha value is -0.980. The smallest absolute Gasteiger partial charge is 0.118 e. The van der Waals surface area contributed by atoms with Crippen LogP contribution in [0.2, 0.25) is 0 Å². The lowest BCUT2D eigenvalue weighted by Crippen LogP contribution is -2.21. The fourth-order valence-electron chi connectivity index (χ4n) is 2.54. The van der Waals surface area contributed by atoms with Gasteiger partial charge in [0.05, 0.1) is 7.11 Å². The second kappa shape index (κ2) is 7.45. The summed E-state index contributed by atoms with van der Waals surface area (Å²) < 4.78 is 5.24. The summed E-state index contributed by atoms with van der Waals surface area (Å²) in [6.45, 7) is 6.96. The number of methoxy groups -OCH3 is 1. The molecule has 0 atom stereocenters. The van der Waals surface area contributed by atoms with Crippen molar-refractivity contribution in [3.63, 3.8) is 0 Å². The third-order valence-corrected chi connectivity index (χ3v) is 3.95. The highest BCUT2D eigenvalue weighted by Gasteiger charge is 2.25. The van der Waals surface area contributed by atoms with E-state index in [0.717, 1.165) is 5.75 Å². The van der Waals surface area contributed by atoms with Crippen LogP contribution in [0, 0.1) is 0 Å². The number of benzene rings is 1. The number of rotatable bonds is 8. The van der Waals surface area contributed by atoms with Crippen LogP contribution >= 0.6 is 0 Å². The van der Waals surface area contributed by atoms with Gasteiger partial charge >= 0.3 is 0 Å². The Morgan fingerprint density at radius 1 is 0.944 bits per heavy atom. The van der Waals surface area contributed by atoms with E-state index in [-0.39, 0.29) is 0 Å². The predicted molar refractivity (Wildman–Crippen MR) is 79.4 cm³/mol. The van der Waals surface area contributed by atoms with Crippen molar-refractivity contribution in [1.29, 1.82) is 0 Å². The standard InChI is InChI=1S/C17H28O/c1-5-7-13-17(3,14-8-6-2)15-9-11-16(18-4)12-10-15/h9-12H,5-8,13-14H2,1-4H3. The third-order valence-electron chi connectivity index (χ3n) is 3.95. The topological polar surface area (TPSA) is 9.23 Å². The summed E-state index contributed by atoms with van der Waals surface area (Å²) >= 11 is 0. The van der Waals surface area contributed by atoms with Crippen LogP contribution in [-0.4, -0.2) is 7.11 Å². The normalized spacial score (nSPS) is 11.6. The van der Waals surface area contributed by atoms with E-state index in [0.29, 0.717) is 5.41 Å². The van der Waals surface area contributed by atoms with Gasteiger partial charge in [-0.25, -0.2) is 0 Å². The number of hydrogen-bond donors (Lipinski definition) is 0. The van der Waals surface area contributed by atoms with Gasteiger partial charge in [0.2, 0.25) is 0 Å². The fourth-order valence-corrected chi connectivity index (χ4v) is 2.54. The Kier molecular flexibility index (Phi) is 6.24. The highest BCUT2D eigenvalue weighted by atomic mass is 16.5. The molecule has 0 spiro atoms. The number of hydrogen-bond acceptors (Lipinski definition) is 1. The molecule has 0 unspecified atom stereocenters. The molecule has 0 heterocycles. The highest BCUT2D eigenvalue weighted by molar-refractivity contribution is 5.32. The summed E-state index contributed by atoms with van der Waals surface area (Å²) in [6.07, 6.45) is 7.75. The fraction of sp³-hybridized carbons (Fsp3) is 0.647. The van der Waals surface area contributed by atoms with E-state index in [4.69, 9.17) is 4.74 Å². The maximum Gasteiger partial charge on any atom is 0.118 e. The lowest BCUT2D eigenvalue weighted by atomic mass is 9.74. The molecule has 0 saturated carbocycles. The molecule has 1 nitrogen and oxygen atoms in total. The molecule has 1 heteroatoms. The van der Waals surface area contributed by atoms with Crippen LogP contribution in [0.3, 0.4) is 0 Å². The molecule has 18 heavy (non-hydrogen) atoms. The minimum absolute atomic E-state index is 0.332. The van der Waals surface area contributed by atoms with Crippen LogP contribution in [0.5, 0.6) is 5.75 Å². The van der Waals surface area contributed by atoms with Crippen LogP contribution in [0.15, 0.2) is 24.3 Å². The summed E-state index contributed by atoms with van der Waals surface area (Å²) in [5, 5.41) is 0. The number of ether oxygens (including phenoxy) is 1. The maximum absolute atomic E-state index is 5.24. The molecule has 0 aliphatic rings. The summed E-state index contributed by atoms with van der Waals surface area (Å²) in [7, 11) is 1.72. The quantitative estimate of drug-likeness (QED) is 0.604. The molecule has 102 valence electrons. The molecule has 1 aromatic carbocycles. The molecule has 0 bridgehead atoms. The average Bonchev–Trinajstić information content (AvgIpc) is 2.43. The molecule has 0 saturated heterocycles. The first kappa shape index (κ1) is 15.1. The van der Waals surface area contributed by atoms with Gasteiger partial charge in [-0.1, -0.05) is 58.6 Å². The van der Waals surface area contributed by atoms with E-state index in [1.807, 2.05) is 0 Å². The number of unbranched alkanes of at least 4 members (excludes halogenated alkanes) is 2. The van der Waals surface area contributed by atoms with Crippen molar-refractivity contribution in [3.05, 3.63) is 29.8 Å². The zero-order chi connectivity index (χ0) is 13.4. The van der Waals surface area contributed by atoms with Crippen molar-refractivity contribution in [2.24, 2.45) is 0 Å². The van der Waals surface area contributed by atoms with E-state index in [9.17, 15) is 0 Å². The minimum atomic E-state index is 0.332. The molecular formula is C17H28O. The lowest BCUT2D eigenvalue weighted by molar-refractivity contribution is 0.373. The summed E-state index contributed by atoms with van der Waals surface area (Å²) in [6, 6.07) is 8.66. The van der Waals surface area contributed by atoms with Gasteiger partial charge in [0.1, 0.15) is 5.75 Å². The Bertz CT molecular complexity index is 318. The van der Waals surface area contributed by atoms with Crippen LogP contribution in [-0.2, 0) is 5.41 Å². The van der Waals surface area contributed by atoms with E-state index in [1.54, 1.807) is 7.11 Å². The summed E-state index contributed by atoms with van der Waals surface area (Å²) in [4.78, 5) is 0. The van der Waals surface area contributed by atoms with E-state index >= 15 is 0 Å². The zero-order valence-electron chi connectivity index (χ0n) is 12.5. The van der Waals surface area contributed by atoms with Crippen molar-refractivity contribution in [3.8, 4) is 5.75 Å². The zero-order valence-corrected chi connectivity index (χ0v) is 12.5. The summed E-state index contributed by atoms with van der Waals surface area (Å²) in [5.74, 6) is 0.951. The molecule has 0 aromatic heterocycles. The Morgan fingerprint density at radius 3 is 1.83 bits per heavy atom. The average molecular weight is 248 g/mol. The first-order chi connectivity index (χ1) is 8.66. The van der Waals surface area contributed by atoms with Gasteiger partial charge in [-0.3, -0.25) is 0 Å². The Labute approximate surface area is 113 Å². The molecular weight excluding hydrogens is 220 g/mol. The molecule has 0 aliphatic carbocycles. The van der Waals surface area contributed by atoms with Crippen LogP contribution in [0.1, 0.15) is 64.9 Å². The van der Waals surface area contributed by atoms with Crippen molar-refractivity contribution < 1.29 is 4.74 Å². The molecule has 1 rings (SSSR count). The molecule has 0 radical (unpaired) electrons. The molecule has 0 amide bonds. The van der Waals surface area contributed by atoms with E-state index in [1.165, 1.54) is 44.1 Å². The second-order valence-corrected chi connectivity index (χ2v) is 5.50. The van der Waals surface area contributed by atoms with Crippen molar-refractivity contribution in [2.75, 3.05) is 7.11 Å². The first-order valence-corrected chi connectivity index (χ1v) is 7.31. The Morgan fingerprint density at radius 2 is 1.44 bits per heavy atom. The maximum atomic E-state index is 5.24. The highest BCUT2D eigenvalue weighted by Crippen LogP contribution is 2.35. The molecule has 0 fully saturated rings. The van der Waals surface area contributed by atoms with Gasteiger partial charge in [0.15, 0.2) is 0 Å². The van der Waals surface area contributed by atoms with Crippen LogP contribution in [0.25, 0.3) is 0 Å². The van der Waals surface area contributed by atoms with Gasteiger partial charge in [0, 0.05) is 0 Å².